The lowest BCUT2D eigenvalue weighted by Crippen LogP contribution is -2.58. The maximum atomic E-state index is 12.9. The molecule has 2 rings (SSSR count). The Balaban J connectivity index is 1.61. The van der Waals surface area contributed by atoms with Crippen molar-refractivity contribution in [1.29, 1.82) is 0 Å². The van der Waals surface area contributed by atoms with Gasteiger partial charge in [0.15, 0.2) is 6.29 Å². The van der Waals surface area contributed by atoms with E-state index in [1.54, 1.807) is 26.1 Å². The SMILES string of the molecule is CCC(OC1OC(C)C(O)C(O)C1O)C(C)C(=O)CC(O)CC(O)CC(O)/C=C/CC(O)CC(O)CC(O)CC(O)/C=C/CC(O)CC(O)CCC/N=C/c1ccccc1. The summed E-state index contributed by atoms with van der Waals surface area (Å²) in [6.07, 6.45) is -7.69. The number of hydrogen-bond acceptors (Lipinski definition) is 16. The van der Waals surface area contributed by atoms with Crippen LogP contribution in [0, 0.1) is 5.92 Å². The Morgan fingerprint density at radius 2 is 1.23 bits per heavy atom. The minimum Gasteiger partial charge on any atom is -0.393 e. The summed E-state index contributed by atoms with van der Waals surface area (Å²) in [4.78, 5) is 17.3. The molecule has 0 aromatic heterocycles. The molecule has 344 valence electrons. The Labute approximate surface area is 354 Å². The minimum atomic E-state index is -1.53. The van der Waals surface area contributed by atoms with Crippen LogP contribution in [0.1, 0.15) is 103 Å². The molecular weight excluding hydrogens is 782 g/mol. The van der Waals surface area contributed by atoms with Crippen molar-refractivity contribution >= 4 is 12.0 Å². The quantitative estimate of drug-likeness (QED) is 0.0287. The van der Waals surface area contributed by atoms with Gasteiger partial charge >= 0.3 is 0 Å². The molecule has 0 spiro atoms. The summed E-state index contributed by atoms with van der Waals surface area (Å²) in [7, 11) is 0. The molecule has 1 saturated heterocycles. The highest BCUT2D eigenvalue weighted by Gasteiger charge is 2.44. The molecule has 16 nitrogen and oxygen atoms in total. The van der Waals surface area contributed by atoms with Gasteiger partial charge in [0.2, 0.25) is 0 Å². The van der Waals surface area contributed by atoms with E-state index >= 15 is 0 Å². The first-order valence-electron chi connectivity index (χ1n) is 21.3. The molecular formula is C44H73NO15. The molecule has 12 N–H and O–H groups in total. The summed E-state index contributed by atoms with van der Waals surface area (Å²) in [5.41, 5.74) is 1.00. The molecule has 16 atom stereocenters. The van der Waals surface area contributed by atoms with Crippen molar-refractivity contribution < 1.29 is 75.5 Å². The number of rotatable bonds is 30. The smallest absolute Gasteiger partial charge is 0.186 e. The average molecular weight is 856 g/mol. The minimum absolute atomic E-state index is 0.0575. The number of aliphatic imine (C=N–C) groups is 1. The number of hydrogen-bond donors (Lipinski definition) is 12. The third-order valence-corrected chi connectivity index (χ3v) is 10.6. The van der Waals surface area contributed by atoms with Crippen LogP contribution in [0.5, 0.6) is 0 Å². The summed E-state index contributed by atoms with van der Waals surface area (Å²) in [5, 5.41) is 123. The normalized spacial score (nSPS) is 25.8. The number of nitrogens with zero attached hydrogens (tertiary/aromatic N) is 1. The van der Waals surface area contributed by atoms with Gasteiger partial charge in [0.05, 0.1) is 67.1 Å². The molecule has 1 aliphatic rings. The van der Waals surface area contributed by atoms with Gasteiger partial charge in [-0.1, -0.05) is 68.5 Å². The molecule has 16 unspecified atom stereocenters. The van der Waals surface area contributed by atoms with Gasteiger partial charge in [-0.3, -0.25) is 9.79 Å². The highest BCUT2D eigenvalue weighted by molar-refractivity contribution is 5.81. The van der Waals surface area contributed by atoms with Crippen LogP contribution < -0.4 is 0 Å². The lowest BCUT2D eigenvalue weighted by atomic mass is 9.91. The van der Waals surface area contributed by atoms with Crippen molar-refractivity contribution in [3.63, 3.8) is 0 Å². The molecule has 0 aliphatic carbocycles. The topological polar surface area (TPSA) is 291 Å². The maximum absolute atomic E-state index is 12.9. The highest BCUT2D eigenvalue weighted by atomic mass is 16.7. The van der Waals surface area contributed by atoms with E-state index in [2.05, 4.69) is 4.99 Å². The summed E-state index contributed by atoms with van der Waals surface area (Å²) in [6, 6.07) is 9.69. The predicted octanol–water partition coefficient (Wildman–Crippen LogP) is 0.585. The zero-order valence-corrected chi connectivity index (χ0v) is 35.2. The summed E-state index contributed by atoms with van der Waals surface area (Å²) >= 11 is 0. The van der Waals surface area contributed by atoms with Gasteiger partial charge in [-0.05, 0) is 70.3 Å². The van der Waals surface area contributed by atoms with E-state index in [-0.39, 0.29) is 63.6 Å². The first-order valence-corrected chi connectivity index (χ1v) is 21.3. The van der Waals surface area contributed by atoms with Crippen LogP contribution in [0.3, 0.4) is 0 Å². The molecule has 1 aliphatic heterocycles. The fourth-order valence-electron chi connectivity index (χ4n) is 7.06. The molecule has 1 heterocycles. The van der Waals surface area contributed by atoms with Crippen LogP contribution >= 0.6 is 0 Å². The second-order valence-corrected chi connectivity index (χ2v) is 16.3. The Hall–Kier alpha value is -2.52. The number of ketones is 1. The average Bonchev–Trinajstić information content (AvgIpc) is 3.17. The van der Waals surface area contributed by atoms with Crippen LogP contribution in [-0.2, 0) is 14.3 Å². The van der Waals surface area contributed by atoms with Crippen LogP contribution in [0.4, 0.5) is 0 Å². The second-order valence-electron chi connectivity index (χ2n) is 16.3. The van der Waals surface area contributed by atoms with Crippen LogP contribution in [0.2, 0.25) is 0 Å². The standard InChI is InChI=1S/C44H73NO15/c1-4-40(60-44-43(58)42(57)41(56)28(3)59-44)27(2)39(55)25-38(54)24-37(53)22-33(49)16-9-15-32(48)21-36(52)23-35(51)20-31(47)14-8-13-30(46)19-34(50)17-10-18-45-26-29-11-6-5-7-12-29/h5-9,11-12,14,16,26-28,30-38,40-44,46-54,56-58H,4,10,13,15,17-25H2,1-3H3/b14-8+,16-9+,45-26+. The van der Waals surface area contributed by atoms with Crippen molar-refractivity contribution in [1.82, 2.24) is 0 Å². The van der Waals surface area contributed by atoms with Gasteiger partial charge in [0, 0.05) is 37.9 Å². The number of carbonyl (C=O) groups is 1. The zero-order chi connectivity index (χ0) is 44.8. The maximum Gasteiger partial charge on any atom is 0.186 e. The van der Waals surface area contributed by atoms with Crippen molar-refractivity contribution in [3.8, 4) is 0 Å². The van der Waals surface area contributed by atoms with E-state index in [0.29, 0.717) is 25.8 Å². The molecule has 0 amide bonds. The highest BCUT2D eigenvalue weighted by Crippen LogP contribution is 2.26. The van der Waals surface area contributed by atoms with E-state index < -0.39 is 97.7 Å². The van der Waals surface area contributed by atoms with Crippen LogP contribution in [-0.4, -0.2) is 172 Å². The van der Waals surface area contributed by atoms with Crippen LogP contribution in [0.15, 0.2) is 59.6 Å². The molecule has 16 heteroatoms. The zero-order valence-electron chi connectivity index (χ0n) is 35.2. The second kappa shape index (κ2) is 29.0. The fraction of sp³-hybridized carbons (Fsp3) is 0.727. The first kappa shape index (κ1) is 53.6. The van der Waals surface area contributed by atoms with Gasteiger partial charge in [0.1, 0.15) is 24.1 Å². The summed E-state index contributed by atoms with van der Waals surface area (Å²) in [6.45, 7) is 5.43. The molecule has 0 radical (unpaired) electrons. The number of Topliss-reactive ketones (excluding diaryl/α,β-unsaturated/α-hetero) is 1. The van der Waals surface area contributed by atoms with E-state index in [0.717, 1.165) is 5.56 Å². The van der Waals surface area contributed by atoms with Crippen molar-refractivity contribution in [2.45, 2.75) is 190 Å². The molecule has 60 heavy (non-hydrogen) atoms. The summed E-state index contributed by atoms with van der Waals surface area (Å²) < 4.78 is 11.3. The fourth-order valence-corrected chi connectivity index (χ4v) is 7.06. The monoisotopic (exact) mass is 855 g/mol. The molecule has 0 bridgehead atoms. The largest absolute Gasteiger partial charge is 0.393 e. The Morgan fingerprint density at radius 3 is 1.80 bits per heavy atom. The van der Waals surface area contributed by atoms with Gasteiger partial charge in [-0.25, -0.2) is 0 Å². The van der Waals surface area contributed by atoms with Gasteiger partial charge in [0.25, 0.3) is 0 Å². The number of aliphatic hydroxyl groups is 12. The van der Waals surface area contributed by atoms with E-state index in [1.807, 2.05) is 30.3 Å². The van der Waals surface area contributed by atoms with E-state index in [9.17, 15) is 66.1 Å². The van der Waals surface area contributed by atoms with Gasteiger partial charge in [-0.15, -0.1) is 0 Å². The summed E-state index contributed by atoms with van der Waals surface area (Å²) in [5.74, 6) is -1.11. The molecule has 1 fully saturated rings. The van der Waals surface area contributed by atoms with Crippen LogP contribution in [0.25, 0.3) is 0 Å². The lowest BCUT2D eigenvalue weighted by Gasteiger charge is -2.40. The lowest BCUT2D eigenvalue weighted by molar-refractivity contribution is -0.306. The third kappa shape index (κ3) is 21.5. The van der Waals surface area contributed by atoms with E-state index in [4.69, 9.17) is 9.47 Å². The molecule has 1 aromatic carbocycles. The Kier molecular flexibility index (Phi) is 25.9. The van der Waals surface area contributed by atoms with E-state index in [1.165, 1.54) is 25.2 Å². The number of carbonyl (C=O) groups excluding carboxylic acids is 1. The predicted molar refractivity (Wildman–Crippen MR) is 224 cm³/mol. The Bertz CT molecular complexity index is 1380. The first-order chi connectivity index (χ1) is 28.4. The molecule has 0 saturated carbocycles. The van der Waals surface area contributed by atoms with Crippen molar-refractivity contribution in [2.75, 3.05) is 6.54 Å². The van der Waals surface area contributed by atoms with Crippen molar-refractivity contribution in [3.05, 3.63) is 60.2 Å². The molecule has 1 aromatic rings. The third-order valence-electron chi connectivity index (χ3n) is 10.6. The number of benzene rings is 1. The van der Waals surface area contributed by atoms with Gasteiger partial charge < -0.3 is 70.8 Å². The Morgan fingerprint density at radius 1 is 0.717 bits per heavy atom. The number of ether oxygens (including phenoxy) is 2. The van der Waals surface area contributed by atoms with Gasteiger partial charge in [-0.2, -0.15) is 0 Å². The van der Waals surface area contributed by atoms with Crippen molar-refractivity contribution in [2.24, 2.45) is 10.9 Å². The number of aliphatic hydroxyl groups excluding tert-OH is 12.